The van der Waals surface area contributed by atoms with E-state index in [0.29, 0.717) is 16.9 Å². The molecule has 3 aromatic carbocycles. The third-order valence-corrected chi connectivity index (χ3v) is 6.06. The normalized spacial score (nSPS) is 16.9. The lowest BCUT2D eigenvalue weighted by atomic mass is 9.92. The van der Waals surface area contributed by atoms with Gasteiger partial charge in [0.15, 0.2) is 5.75 Å². The molecular weight excluding hydrogens is 471 g/mol. The van der Waals surface area contributed by atoms with Crippen molar-refractivity contribution in [2.75, 3.05) is 12.0 Å². The van der Waals surface area contributed by atoms with Gasteiger partial charge in [0, 0.05) is 17.3 Å². The van der Waals surface area contributed by atoms with E-state index in [9.17, 15) is 34.3 Å². The van der Waals surface area contributed by atoms with Gasteiger partial charge in [0.05, 0.1) is 23.6 Å². The predicted molar refractivity (Wildman–Crippen MR) is 128 cm³/mol. The first kappa shape index (κ1) is 24.4. The summed E-state index contributed by atoms with van der Waals surface area (Å²) in [5.41, 5.74) is 0.760. The van der Waals surface area contributed by atoms with Crippen LogP contribution in [0.3, 0.4) is 0 Å². The molecule has 0 spiro atoms. The Morgan fingerprint density at radius 3 is 2.33 bits per heavy atom. The van der Waals surface area contributed by atoms with Crippen LogP contribution in [-0.2, 0) is 9.59 Å². The lowest BCUT2D eigenvalue weighted by Crippen LogP contribution is -2.29. The summed E-state index contributed by atoms with van der Waals surface area (Å²) in [6.07, 6.45) is 0. The monoisotopic (exact) mass is 492 g/mol. The van der Waals surface area contributed by atoms with E-state index in [0.717, 1.165) is 29.2 Å². The van der Waals surface area contributed by atoms with Gasteiger partial charge in [-0.25, -0.2) is 4.39 Å². The standard InChI is InChI=1S/C26H21FN2O7/c1-13-11-21(36-3)14(2)10-18(13)24(31)22-23(15-4-9-20(30)19(12-15)29(34)35)28(26(33)25(22)32)17-7-5-16(27)6-8-17/h4-12,23,30-31H,1-3H3/b24-22+. The average molecular weight is 492 g/mol. The van der Waals surface area contributed by atoms with Crippen molar-refractivity contribution in [3.8, 4) is 11.5 Å². The fourth-order valence-corrected chi connectivity index (χ4v) is 4.28. The van der Waals surface area contributed by atoms with Gasteiger partial charge in [-0.1, -0.05) is 6.07 Å². The first-order valence-corrected chi connectivity index (χ1v) is 10.7. The van der Waals surface area contributed by atoms with E-state index >= 15 is 0 Å². The molecule has 0 radical (unpaired) electrons. The van der Waals surface area contributed by atoms with E-state index in [1.807, 2.05) is 0 Å². The van der Waals surface area contributed by atoms with Gasteiger partial charge in [0.25, 0.3) is 11.7 Å². The fraction of sp³-hybridized carbons (Fsp3) is 0.154. The first-order valence-electron chi connectivity index (χ1n) is 10.7. The minimum Gasteiger partial charge on any atom is -0.507 e. The number of aryl methyl sites for hydroxylation is 2. The number of ether oxygens (including phenoxy) is 1. The maximum atomic E-state index is 13.6. The summed E-state index contributed by atoms with van der Waals surface area (Å²) in [7, 11) is 1.49. The molecule has 1 aliphatic heterocycles. The molecule has 2 N–H and O–H groups in total. The van der Waals surface area contributed by atoms with Crippen LogP contribution in [0.2, 0.25) is 0 Å². The van der Waals surface area contributed by atoms with Crippen LogP contribution in [0.5, 0.6) is 11.5 Å². The van der Waals surface area contributed by atoms with Crippen molar-refractivity contribution >= 4 is 28.8 Å². The van der Waals surface area contributed by atoms with Crippen LogP contribution < -0.4 is 9.64 Å². The van der Waals surface area contributed by atoms with Crippen molar-refractivity contribution in [1.29, 1.82) is 0 Å². The van der Waals surface area contributed by atoms with E-state index in [-0.39, 0.29) is 22.4 Å². The first-order chi connectivity index (χ1) is 17.0. The molecule has 1 heterocycles. The molecule has 1 saturated heterocycles. The topological polar surface area (TPSA) is 130 Å². The molecule has 0 saturated carbocycles. The van der Waals surface area contributed by atoms with Gasteiger partial charge in [-0.2, -0.15) is 0 Å². The molecule has 10 heteroatoms. The summed E-state index contributed by atoms with van der Waals surface area (Å²) in [5.74, 6) is -3.14. The highest BCUT2D eigenvalue weighted by Gasteiger charge is 2.47. The molecule has 0 bridgehead atoms. The van der Waals surface area contributed by atoms with Crippen molar-refractivity contribution < 1.29 is 33.9 Å². The number of carbonyl (C=O) groups excluding carboxylic acids is 2. The molecule has 9 nitrogen and oxygen atoms in total. The number of aromatic hydroxyl groups is 1. The molecule has 0 aromatic heterocycles. The second-order valence-corrected chi connectivity index (χ2v) is 8.29. The summed E-state index contributed by atoms with van der Waals surface area (Å²) in [6.45, 7) is 3.43. The van der Waals surface area contributed by atoms with Crippen LogP contribution in [0, 0.1) is 29.8 Å². The Bertz CT molecular complexity index is 1450. The van der Waals surface area contributed by atoms with E-state index in [2.05, 4.69) is 0 Å². The number of rotatable bonds is 5. The number of Topliss-reactive ketones (excluding diaryl/α,β-unsaturated/α-hetero) is 1. The second kappa shape index (κ2) is 9.14. The van der Waals surface area contributed by atoms with Crippen LogP contribution in [0.15, 0.2) is 60.2 Å². The molecule has 0 aliphatic carbocycles. The van der Waals surface area contributed by atoms with Gasteiger partial charge in [-0.05, 0) is 73.0 Å². The number of halogens is 1. The number of hydrogen-bond donors (Lipinski definition) is 2. The highest BCUT2D eigenvalue weighted by Crippen LogP contribution is 2.44. The fourth-order valence-electron chi connectivity index (χ4n) is 4.28. The lowest BCUT2D eigenvalue weighted by Gasteiger charge is -2.25. The van der Waals surface area contributed by atoms with E-state index in [1.165, 1.54) is 25.3 Å². The predicted octanol–water partition coefficient (Wildman–Crippen LogP) is 4.69. The third-order valence-electron chi connectivity index (χ3n) is 6.06. The number of aliphatic hydroxyl groups excluding tert-OH is 1. The van der Waals surface area contributed by atoms with E-state index in [1.54, 1.807) is 26.0 Å². The smallest absolute Gasteiger partial charge is 0.311 e. The van der Waals surface area contributed by atoms with E-state index < -0.39 is 45.7 Å². The number of ketones is 1. The molecule has 1 fully saturated rings. The SMILES string of the molecule is COc1cc(C)c(/C(O)=C2\C(=O)C(=O)N(c3ccc(F)cc3)C2c2ccc(O)c([N+](=O)[O-])c2)cc1C. The summed E-state index contributed by atoms with van der Waals surface area (Å²) in [5, 5.41) is 32.7. The Balaban J connectivity index is 2.01. The zero-order chi connectivity index (χ0) is 26.3. The third kappa shape index (κ3) is 4.02. The molecule has 3 aromatic rings. The van der Waals surface area contributed by atoms with Gasteiger partial charge < -0.3 is 14.9 Å². The number of aliphatic hydroxyl groups is 1. The van der Waals surface area contributed by atoms with Crippen molar-refractivity contribution in [2.45, 2.75) is 19.9 Å². The highest BCUT2D eigenvalue weighted by atomic mass is 19.1. The number of methoxy groups -OCH3 is 1. The molecule has 1 atom stereocenters. The van der Waals surface area contributed by atoms with Crippen molar-refractivity contribution in [2.24, 2.45) is 0 Å². The Morgan fingerprint density at radius 2 is 1.72 bits per heavy atom. The number of phenols is 1. The van der Waals surface area contributed by atoms with Crippen LogP contribution in [-0.4, -0.2) is 33.9 Å². The van der Waals surface area contributed by atoms with Gasteiger partial charge in [0.1, 0.15) is 17.3 Å². The number of nitro groups is 1. The molecule has 1 unspecified atom stereocenters. The molecule has 4 rings (SSSR count). The van der Waals surface area contributed by atoms with E-state index in [4.69, 9.17) is 4.74 Å². The van der Waals surface area contributed by atoms with Crippen LogP contribution >= 0.6 is 0 Å². The van der Waals surface area contributed by atoms with Crippen LogP contribution in [0.4, 0.5) is 15.8 Å². The Morgan fingerprint density at radius 1 is 1.06 bits per heavy atom. The summed E-state index contributed by atoms with van der Waals surface area (Å²) in [6, 6.07) is 10.2. The number of phenolic OH excluding ortho intramolecular Hbond substituents is 1. The highest BCUT2D eigenvalue weighted by molar-refractivity contribution is 6.51. The van der Waals surface area contributed by atoms with Crippen molar-refractivity contribution in [3.05, 3.63) is 98.4 Å². The second-order valence-electron chi connectivity index (χ2n) is 8.29. The minimum absolute atomic E-state index is 0.0902. The summed E-state index contributed by atoms with van der Waals surface area (Å²) < 4.78 is 18.9. The number of benzene rings is 3. The zero-order valence-electron chi connectivity index (χ0n) is 19.5. The maximum Gasteiger partial charge on any atom is 0.311 e. The maximum absolute atomic E-state index is 13.6. The molecule has 1 aliphatic rings. The van der Waals surface area contributed by atoms with Crippen LogP contribution in [0.25, 0.3) is 5.76 Å². The number of anilines is 1. The van der Waals surface area contributed by atoms with Crippen LogP contribution in [0.1, 0.15) is 28.3 Å². The van der Waals surface area contributed by atoms with Crippen molar-refractivity contribution in [1.82, 2.24) is 0 Å². The lowest BCUT2D eigenvalue weighted by molar-refractivity contribution is -0.385. The van der Waals surface area contributed by atoms with Gasteiger partial charge in [-0.3, -0.25) is 24.6 Å². The number of amides is 1. The molecular formula is C26H21FN2O7. The Labute approximate surface area is 204 Å². The molecule has 36 heavy (non-hydrogen) atoms. The average Bonchev–Trinajstić information content (AvgIpc) is 3.11. The quantitative estimate of drug-likeness (QED) is 0.174. The summed E-state index contributed by atoms with van der Waals surface area (Å²) >= 11 is 0. The Kier molecular flexibility index (Phi) is 6.19. The number of carbonyl (C=O) groups is 2. The largest absolute Gasteiger partial charge is 0.507 e. The summed E-state index contributed by atoms with van der Waals surface area (Å²) in [4.78, 5) is 38.2. The number of nitrogens with zero attached hydrogens (tertiary/aromatic N) is 2. The number of nitro benzene ring substituents is 1. The molecule has 1 amide bonds. The minimum atomic E-state index is -1.29. The Hall–Kier alpha value is -4.73. The number of hydrogen-bond acceptors (Lipinski definition) is 7. The van der Waals surface area contributed by atoms with Crippen molar-refractivity contribution in [3.63, 3.8) is 0 Å². The van der Waals surface area contributed by atoms with Gasteiger partial charge in [-0.15, -0.1) is 0 Å². The zero-order valence-corrected chi connectivity index (χ0v) is 19.5. The molecule has 184 valence electrons. The van der Waals surface area contributed by atoms with Gasteiger partial charge in [0.2, 0.25) is 0 Å². The van der Waals surface area contributed by atoms with Gasteiger partial charge >= 0.3 is 5.69 Å².